The van der Waals surface area contributed by atoms with Crippen molar-refractivity contribution in [3.63, 3.8) is 0 Å². The summed E-state index contributed by atoms with van der Waals surface area (Å²) in [5.74, 6) is 1.82. The Morgan fingerprint density at radius 3 is 2.72 bits per heavy atom. The van der Waals surface area contributed by atoms with Gasteiger partial charge in [0.15, 0.2) is 0 Å². The van der Waals surface area contributed by atoms with E-state index in [4.69, 9.17) is 0 Å². The van der Waals surface area contributed by atoms with Gasteiger partial charge in [0, 0.05) is 13.6 Å². The van der Waals surface area contributed by atoms with Crippen molar-refractivity contribution >= 4 is 20.9 Å². The van der Waals surface area contributed by atoms with E-state index in [-0.39, 0.29) is 10.3 Å². The Hall–Kier alpha value is -1.93. The standard InChI is InChI=1S/C17H21N3O4S/c1-20-16(21)14-8-13(4-5-15(14)19-17(20)22)25(23,24)18-9-12-7-10-2-3-11(12)6-10/h4-5,8,10-12,18H,2-3,6-7,9H2,1H3,(H,19,22)/t10-,11-,12-/m0/s1. The van der Waals surface area contributed by atoms with Crippen LogP contribution in [0.1, 0.15) is 25.7 Å². The topological polar surface area (TPSA) is 101 Å². The Morgan fingerprint density at radius 1 is 1.24 bits per heavy atom. The number of fused-ring (bicyclic) bond motifs is 3. The highest BCUT2D eigenvalue weighted by molar-refractivity contribution is 7.89. The Morgan fingerprint density at radius 2 is 2.04 bits per heavy atom. The quantitative estimate of drug-likeness (QED) is 0.844. The van der Waals surface area contributed by atoms with Crippen molar-refractivity contribution in [1.29, 1.82) is 0 Å². The normalized spacial score (nSPS) is 25.7. The van der Waals surface area contributed by atoms with Gasteiger partial charge in [-0.2, -0.15) is 0 Å². The van der Waals surface area contributed by atoms with Gasteiger partial charge in [0.25, 0.3) is 5.56 Å². The molecule has 8 heteroatoms. The maximum absolute atomic E-state index is 12.6. The minimum atomic E-state index is -3.69. The molecule has 25 heavy (non-hydrogen) atoms. The summed E-state index contributed by atoms with van der Waals surface area (Å²) >= 11 is 0. The smallest absolute Gasteiger partial charge is 0.307 e. The van der Waals surface area contributed by atoms with Crippen LogP contribution >= 0.6 is 0 Å². The summed E-state index contributed by atoms with van der Waals surface area (Å²) in [6, 6.07) is 4.21. The van der Waals surface area contributed by atoms with Crippen LogP contribution in [0.25, 0.3) is 10.9 Å². The van der Waals surface area contributed by atoms with Crippen LogP contribution in [0.15, 0.2) is 32.7 Å². The summed E-state index contributed by atoms with van der Waals surface area (Å²) in [6.45, 7) is 0.450. The summed E-state index contributed by atoms with van der Waals surface area (Å²) in [5.41, 5.74) is -0.702. The summed E-state index contributed by atoms with van der Waals surface area (Å²) in [5, 5.41) is 0.185. The molecule has 3 atom stereocenters. The zero-order valence-corrected chi connectivity index (χ0v) is 14.8. The second kappa shape index (κ2) is 5.81. The Balaban J connectivity index is 1.61. The molecule has 2 fully saturated rings. The highest BCUT2D eigenvalue weighted by Gasteiger charge is 2.39. The van der Waals surface area contributed by atoms with Crippen LogP contribution in [0.3, 0.4) is 0 Å². The molecular formula is C17H21N3O4S. The number of aromatic nitrogens is 2. The van der Waals surface area contributed by atoms with Gasteiger partial charge in [-0.15, -0.1) is 0 Å². The Bertz CT molecular complexity index is 1050. The van der Waals surface area contributed by atoms with Crippen molar-refractivity contribution in [2.24, 2.45) is 24.8 Å². The van der Waals surface area contributed by atoms with Gasteiger partial charge in [0.2, 0.25) is 10.0 Å². The van der Waals surface area contributed by atoms with Gasteiger partial charge >= 0.3 is 5.69 Å². The van der Waals surface area contributed by atoms with Gasteiger partial charge in [-0.25, -0.2) is 17.9 Å². The lowest BCUT2D eigenvalue weighted by atomic mass is 9.89. The molecule has 2 aromatic rings. The third kappa shape index (κ3) is 2.83. The first kappa shape index (κ1) is 16.5. The van der Waals surface area contributed by atoms with Gasteiger partial charge in [-0.1, -0.05) is 6.42 Å². The molecule has 2 aliphatic rings. The van der Waals surface area contributed by atoms with Crippen molar-refractivity contribution in [1.82, 2.24) is 14.3 Å². The third-order valence-electron chi connectivity index (χ3n) is 5.80. The molecular weight excluding hydrogens is 342 g/mol. The first-order valence-corrected chi connectivity index (χ1v) is 10.1. The number of aromatic amines is 1. The van der Waals surface area contributed by atoms with E-state index < -0.39 is 21.3 Å². The molecule has 1 heterocycles. The highest BCUT2D eigenvalue weighted by Crippen LogP contribution is 2.48. The largest absolute Gasteiger partial charge is 0.328 e. The van der Waals surface area contributed by atoms with Gasteiger partial charge in [0.05, 0.1) is 15.8 Å². The molecule has 2 N–H and O–H groups in total. The summed E-state index contributed by atoms with van der Waals surface area (Å²) in [6.07, 6.45) is 4.81. The second-order valence-corrected chi connectivity index (χ2v) is 9.06. The fraction of sp³-hybridized carbons (Fsp3) is 0.529. The number of rotatable bonds is 4. The number of nitrogens with zero attached hydrogens (tertiary/aromatic N) is 1. The van der Waals surface area contributed by atoms with Gasteiger partial charge in [-0.3, -0.25) is 9.36 Å². The SMILES string of the molecule is Cn1c(=O)[nH]c2ccc(S(=O)(=O)NC[C@@H]3C[C@H]4CC[C@H]3C4)cc2c1=O. The van der Waals surface area contributed by atoms with Crippen LogP contribution < -0.4 is 16.0 Å². The Kier molecular flexibility index (Phi) is 3.84. The molecule has 0 unspecified atom stereocenters. The van der Waals surface area contributed by atoms with E-state index in [1.807, 2.05) is 0 Å². The van der Waals surface area contributed by atoms with Crippen molar-refractivity contribution in [2.75, 3.05) is 6.54 Å². The molecule has 0 radical (unpaired) electrons. The number of benzene rings is 1. The molecule has 1 aromatic heterocycles. The predicted molar refractivity (Wildman–Crippen MR) is 93.9 cm³/mol. The minimum Gasteiger partial charge on any atom is -0.307 e. The van der Waals surface area contributed by atoms with Crippen molar-refractivity contribution in [3.8, 4) is 0 Å². The summed E-state index contributed by atoms with van der Waals surface area (Å²) in [4.78, 5) is 26.4. The highest BCUT2D eigenvalue weighted by atomic mass is 32.2. The summed E-state index contributed by atoms with van der Waals surface area (Å²) in [7, 11) is -2.33. The number of H-pyrrole nitrogens is 1. The molecule has 4 rings (SSSR count). The van der Waals surface area contributed by atoms with Crippen LogP contribution in [0.5, 0.6) is 0 Å². The van der Waals surface area contributed by atoms with E-state index in [2.05, 4.69) is 9.71 Å². The van der Waals surface area contributed by atoms with Crippen molar-refractivity contribution in [3.05, 3.63) is 39.0 Å². The molecule has 134 valence electrons. The lowest BCUT2D eigenvalue weighted by Gasteiger charge is -2.21. The van der Waals surface area contributed by atoms with Crippen molar-refractivity contribution in [2.45, 2.75) is 30.6 Å². The van der Waals surface area contributed by atoms with Crippen LogP contribution in [0.2, 0.25) is 0 Å². The fourth-order valence-corrected chi connectivity index (χ4v) is 5.50. The zero-order chi connectivity index (χ0) is 17.8. The van der Waals surface area contributed by atoms with Gasteiger partial charge in [-0.05, 0) is 55.2 Å². The average Bonchev–Trinajstić information content (AvgIpc) is 3.21. The van der Waals surface area contributed by atoms with Crippen LogP contribution in [-0.4, -0.2) is 24.5 Å². The van der Waals surface area contributed by atoms with E-state index in [1.165, 1.54) is 44.5 Å². The molecule has 2 saturated carbocycles. The van der Waals surface area contributed by atoms with Gasteiger partial charge in [0.1, 0.15) is 0 Å². The van der Waals surface area contributed by atoms with E-state index >= 15 is 0 Å². The molecule has 0 aliphatic heterocycles. The third-order valence-corrected chi connectivity index (χ3v) is 7.22. The second-order valence-electron chi connectivity index (χ2n) is 7.29. The van der Waals surface area contributed by atoms with Crippen LogP contribution in [0, 0.1) is 17.8 Å². The van der Waals surface area contributed by atoms with Crippen molar-refractivity contribution < 1.29 is 8.42 Å². The maximum atomic E-state index is 12.6. The van der Waals surface area contributed by atoms with Gasteiger partial charge < -0.3 is 4.98 Å². The first-order chi connectivity index (χ1) is 11.8. The maximum Gasteiger partial charge on any atom is 0.328 e. The monoisotopic (exact) mass is 363 g/mol. The number of nitrogens with one attached hydrogen (secondary N) is 2. The average molecular weight is 363 g/mol. The van der Waals surface area contributed by atoms with Crippen LogP contribution in [0.4, 0.5) is 0 Å². The molecule has 7 nitrogen and oxygen atoms in total. The molecule has 0 saturated heterocycles. The fourth-order valence-electron chi connectivity index (χ4n) is 4.37. The molecule has 1 aromatic carbocycles. The first-order valence-electron chi connectivity index (χ1n) is 8.58. The number of hydrogen-bond donors (Lipinski definition) is 2. The molecule has 2 bridgehead atoms. The van der Waals surface area contributed by atoms with E-state index in [1.54, 1.807) is 0 Å². The molecule has 0 spiro atoms. The lowest BCUT2D eigenvalue weighted by molar-refractivity contribution is 0.333. The summed E-state index contributed by atoms with van der Waals surface area (Å²) < 4.78 is 28.9. The Labute approximate surface area is 145 Å². The van der Waals surface area contributed by atoms with E-state index in [0.29, 0.717) is 23.9 Å². The zero-order valence-electron chi connectivity index (χ0n) is 14.0. The minimum absolute atomic E-state index is 0.0484. The number of sulfonamides is 1. The van der Waals surface area contributed by atoms with Crippen LogP contribution in [-0.2, 0) is 17.1 Å². The molecule has 0 amide bonds. The lowest BCUT2D eigenvalue weighted by Crippen LogP contribution is -2.33. The predicted octanol–water partition coefficient (Wildman–Crippen LogP) is 0.941. The molecule has 2 aliphatic carbocycles. The van der Waals surface area contributed by atoms with E-state index in [0.717, 1.165) is 16.9 Å². The van der Waals surface area contributed by atoms with E-state index in [9.17, 15) is 18.0 Å². The number of hydrogen-bond acceptors (Lipinski definition) is 4.